The number of hydrogen-bond donors (Lipinski definition) is 2. The van der Waals surface area contributed by atoms with E-state index in [1.165, 1.54) is 24.4 Å². The first-order chi connectivity index (χ1) is 12.1. The maximum Gasteiger partial charge on any atom is 0.274 e. The number of hydrogen-bond acceptors (Lipinski definition) is 5. The molecule has 0 saturated carbocycles. The number of amides is 1. The molecule has 1 heterocycles. The number of rotatable bonds is 4. The number of halogens is 1. The van der Waals surface area contributed by atoms with Gasteiger partial charge in [0.15, 0.2) is 0 Å². The number of benzene rings is 2. The second-order valence-corrected chi connectivity index (χ2v) is 5.04. The van der Waals surface area contributed by atoms with E-state index in [4.69, 9.17) is 5.26 Å². The molecule has 0 saturated heterocycles. The fraction of sp³-hybridized carbons (Fsp3) is 0. The first kappa shape index (κ1) is 16.1. The summed E-state index contributed by atoms with van der Waals surface area (Å²) < 4.78 is 13.2. The average Bonchev–Trinajstić information content (AvgIpc) is 2.62. The Labute approximate surface area is 143 Å². The maximum atomic E-state index is 13.2. The van der Waals surface area contributed by atoms with Crippen molar-refractivity contribution < 1.29 is 9.18 Å². The van der Waals surface area contributed by atoms with Crippen LogP contribution in [-0.4, -0.2) is 15.9 Å². The summed E-state index contributed by atoms with van der Waals surface area (Å²) in [6.07, 6.45) is 1.43. The number of carbonyl (C=O) groups excluding carboxylic acids is 1. The van der Waals surface area contributed by atoms with Crippen molar-refractivity contribution in [2.75, 3.05) is 10.6 Å². The Morgan fingerprint density at radius 2 is 1.88 bits per heavy atom. The molecular formula is C18H12FN5O. The molecule has 3 rings (SSSR count). The van der Waals surface area contributed by atoms with E-state index in [1.807, 2.05) is 6.07 Å². The Bertz CT molecular complexity index is 950. The van der Waals surface area contributed by atoms with Gasteiger partial charge >= 0.3 is 0 Å². The number of carbonyl (C=O) groups is 1. The highest BCUT2D eigenvalue weighted by Gasteiger charge is 2.10. The van der Waals surface area contributed by atoms with Gasteiger partial charge in [-0.1, -0.05) is 6.07 Å². The summed E-state index contributed by atoms with van der Waals surface area (Å²) in [4.78, 5) is 20.4. The molecule has 1 amide bonds. The summed E-state index contributed by atoms with van der Waals surface area (Å²) in [6.45, 7) is 0. The fourth-order valence-corrected chi connectivity index (χ4v) is 2.06. The first-order valence-electron chi connectivity index (χ1n) is 7.31. The first-order valence-corrected chi connectivity index (χ1v) is 7.31. The summed E-state index contributed by atoms with van der Waals surface area (Å²) in [5.74, 6) is -0.632. The monoisotopic (exact) mass is 333 g/mol. The van der Waals surface area contributed by atoms with E-state index in [2.05, 4.69) is 20.6 Å². The van der Waals surface area contributed by atoms with Crippen LogP contribution in [0.5, 0.6) is 0 Å². The molecule has 3 aromatic rings. The lowest BCUT2D eigenvalue weighted by Gasteiger charge is -2.07. The van der Waals surface area contributed by atoms with Gasteiger partial charge in [0.05, 0.1) is 11.6 Å². The molecule has 0 aliphatic carbocycles. The topological polar surface area (TPSA) is 90.7 Å². The van der Waals surface area contributed by atoms with E-state index in [0.717, 1.165) is 0 Å². The van der Waals surface area contributed by atoms with Gasteiger partial charge in [0, 0.05) is 17.6 Å². The Hall–Kier alpha value is -3.79. The summed E-state index contributed by atoms with van der Waals surface area (Å²) in [5.41, 5.74) is 1.67. The summed E-state index contributed by atoms with van der Waals surface area (Å²) in [7, 11) is 0. The Balaban J connectivity index is 1.73. The van der Waals surface area contributed by atoms with Crippen LogP contribution in [0.4, 0.5) is 21.7 Å². The molecule has 2 aromatic carbocycles. The Morgan fingerprint density at radius 1 is 1.08 bits per heavy atom. The number of nitrogens with zero attached hydrogens (tertiary/aromatic N) is 3. The highest BCUT2D eigenvalue weighted by atomic mass is 19.1. The standard InChI is InChI=1S/C18H12FN5O/c19-13-2-1-3-15(10-13)23-18-21-9-8-16(24-18)17(25)22-14-6-4-12(11-20)5-7-14/h1-10H,(H,22,25)(H,21,23,24). The molecule has 0 atom stereocenters. The van der Waals surface area contributed by atoms with Crippen molar-refractivity contribution in [2.45, 2.75) is 0 Å². The Kier molecular flexibility index (Phi) is 4.62. The van der Waals surface area contributed by atoms with E-state index in [0.29, 0.717) is 16.9 Å². The van der Waals surface area contributed by atoms with Gasteiger partial charge < -0.3 is 10.6 Å². The van der Waals surface area contributed by atoms with Crippen molar-refractivity contribution >= 4 is 23.2 Å². The molecule has 0 unspecified atom stereocenters. The predicted octanol–water partition coefficient (Wildman–Crippen LogP) is 3.48. The molecule has 2 N–H and O–H groups in total. The molecule has 0 aliphatic heterocycles. The van der Waals surface area contributed by atoms with E-state index in [9.17, 15) is 9.18 Å². The number of nitrogens with one attached hydrogen (secondary N) is 2. The van der Waals surface area contributed by atoms with Crippen molar-refractivity contribution in [1.82, 2.24) is 9.97 Å². The highest BCUT2D eigenvalue weighted by Crippen LogP contribution is 2.15. The molecule has 0 spiro atoms. The minimum atomic E-state index is -0.422. The molecule has 0 radical (unpaired) electrons. The molecule has 122 valence electrons. The summed E-state index contributed by atoms with van der Waals surface area (Å²) >= 11 is 0. The van der Waals surface area contributed by atoms with Crippen molar-refractivity contribution in [3.8, 4) is 6.07 Å². The van der Waals surface area contributed by atoms with Crippen LogP contribution >= 0.6 is 0 Å². The van der Waals surface area contributed by atoms with Gasteiger partial charge in [-0.15, -0.1) is 0 Å². The van der Waals surface area contributed by atoms with Crippen LogP contribution in [-0.2, 0) is 0 Å². The van der Waals surface area contributed by atoms with Crippen LogP contribution < -0.4 is 10.6 Å². The zero-order valence-corrected chi connectivity index (χ0v) is 12.9. The van der Waals surface area contributed by atoms with Crippen LogP contribution in [0.15, 0.2) is 60.8 Å². The van der Waals surface area contributed by atoms with Gasteiger partial charge in [-0.25, -0.2) is 14.4 Å². The van der Waals surface area contributed by atoms with Crippen LogP contribution in [0, 0.1) is 17.1 Å². The number of anilines is 3. The highest BCUT2D eigenvalue weighted by molar-refractivity contribution is 6.03. The van der Waals surface area contributed by atoms with E-state index < -0.39 is 5.91 Å². The maximum absolute atomic E-state index is 13.2. The van der Waals surface area contributed by atoms with Gasteiger partial charge in [0.2, 0.25) is 5.95 Å². The van der Waals surface area contributed by atoms with Gasteiger partial charge in [-0.05, 0) is 48.5 Å². The molecule has 0 aliphatic rings. The SMILES string of the molecule is N#Cc1ccc(NC(=O)c2ccnc(Nc3cccc(F)c3)n2)cc1. The van der Waals surface area contributed by atoms with E-state index in [-0.39, 0.29) is 17.5 Å². The number of aromatic nitrogens is 2. The second-order valence-electron chi connectivity index (χ2n) is 5.04. The van der Waals surface area contributed by atoms with Crippen LogP contribution in [0.1, 0.15) is 16.1 Å². The van der Waals surface area contributed by atoms with Crippen LogP contribution in [0.25, 0.3) is 0 Å². The van der Waals surface area contributed by atoms with Crippen molar-refractivity contribution in [1.29, 1.82) is 5.26 Å². The molecular weight excluding hydrogens is 321 g/mol. The second kappa shape index (κ2) is 7.19. The normalized spacial score (nSPS) is 9.92. The molecule has 7 heteroatoms. The van der Waals surface area contributed by atoms with Gasteiger partial charge in [0.25, 0.3) is 5.91 Å². The van der Waals surface area contributed by atoms with Gasteiger partial charge in [-0.2, -0.15) is 5.26 Å². The van der Waals surface area contributed by atoms with Crippen molar-refractivity contribution in [3.05, 3.63) is 77.9 Å². The summed E-state index contributed by atoms with van der Waals surface area (Å²) in [6, 6.07) is 15.8. The molecule has 0 bridgehead atoms. The van der Waals surface area contributed by atoms with E-state index >= 15 is 0 Å². The smallest absolute Gasteiger partial charge is 0.274 e. The zero-order valence-electron chi connectivity index (χ0n) is 12.9. The molecule has 25 heavy (non-hydrogen) atoms. The third-order valence-electron chi connectivity index (χ3n) is 3.24. The largest absolute Gasteiger partial charge is 0.324 e. The van der Waals surface area contributed by atoms with Crippen LogP contribution in [0.3, 0.4) is 0 Å². The Morgan fingerprint density at radius 3 is 2.60 bits per heavy atom. The third kappa shape index (κ3) is 4.14. The minimum absolute atomic E-state index is 0.151. The third-order valence-corrected chi connectivity index (χ3v) is 3.24. The van der Waals surface area contributed by atoms with Gasteiger partial charge in [-0.3, -0.25) is 4.79 Å². The quantitative estimate of drug-likeness (QED) is 0.763. The average molecular weight is 333 g/mol. The van der Waals surface area contributed by atoms with Crippen LogP contribution in [0.2, 0.25) is 0 Å². The van der Waals surface area contributed by atoms with Crippen molar-refractivity contribution in [2.24, 2.45) is 0 Å². The molecule has 1 aromatic heterocycles. The van der Waals surface area contributed by atoms with E-state index in [1.54, 1.807) is 36.4 Å². The van der Waals surface area contributed by atoms with Crippen molar-refractivity contribution in [3.63, 3.8) is 0 Å². The molecule has 0 fully saturated rings. The predicted molar refractivity (Wildman–Crippen MR) is 90.8 cm³/mol. The molecule has 6 nitrogen and oxygen atoms in total. The minimum Gasteiger partial charge on any atom is -0.324 e. The number of nitriles is 1. The zero-order chi connectivity index (χ0) is 17.6. The lowest BCUT2D eigenvalue weighted by Crippen LogP contribution is -2.14. The summed E-state index contributed by atoms with van der Waals surface area (Å²) in [5, 5.41) is 14.3. The lowest BCUT2D eigenvalue weighted by molar-refractivity contribution is 0.102. The van der Waals surface area contributed by atoms with Gasteiger partial charge in [0.1, 0.15) is 11.5 Å². The lowest BCUT2D eigenvalue weighted by atomic mass is 10.2. The fourth-order valence-electron chi connectivity index (χ4n) is 2.06.